The molecule has 0 aliphatic carbocycles. The van der Waals surface area contributed by atoms with Crippen molar-refractivity contribution < 1.29 is 9.59 Å². The minimum absolute atomic E-state index is 0.0625. The average Bonchev–Trinajstić information content (AvgIpc) is 3.15. The zero-order valence-corrected chi connectivity index (χ0v) is 18.5. The van der Waals surface area contributed by atoms with Gasteiger partial charge in [-0.3, -0.25) is 4.79 Å². The summed E-state index contributed by atoms with van der Waals surface area (Å²) in [6.07, 6.45) is 2.11. The maximum atomic E-state index is 12.8. The van der Waals surface area contributed by atoms with E-state index in [2.05, 4.69) is 47.0 Å². The molecule has 1 N–H and O–H groups in total. The van der Waals surface area contributed by atoms with Crippen LogP contribution in [0.5, 0.6) is 0 Å². The molecule has 1 saturated heterocycles. The minimum atomic E-state index is -0.0625. The number of aromatic nitrogens is 1. The monoisotopic (exact) mass is 418 g/mol. The summed E-state index contributed by atoms with van der Waals surface area (Å²) in [7, 11) is 0. The summed E-state index contributed by atoms with van der Waals surface area (Å²) in [4.78, 5) is 28.3. The summed E-state index contributed by atoms with van der Waals surface area (Å²) in [5, 5.41) is 4.19. The Balaban J connectivity index is 1.35. The molecule has 1 fully saturated rings. The quantitative estimate of drug-likeness (QED) is 0.603. The molecule has 1 aliphatic rings. The molecule has 162 valence electrons. The van der Waals surface area contributed by atoms with Gasteiger partial charge in [-0.1, -0.05) is 13.8 Å². The number of rotatable bonds is 5. The van der Waals surface area contributed by atoms with Crippen LogP contribution in [0.3, 0.4) is 0 Å². The molecule has 1 aliphatic heterocycles. The van der Waals surface area contributed by atoms with Gasteiger partial charge in [-0.15, -0.1) is 0 Å². The number of hydrogen-bond donors (Lipinski definition) is 1. The highest BCUT2D eigenvalue weighted by molar-refractivity contribution is 5.94. The lowest BCUT2D eigenvalue weighted by Gasteiger charge is -2.36. The van der Waals surface area contributed by atoms with Gasteiger partial charge in [-0.2, -0.15) is 0 Å². The van der Waals surface area contributed by atoms with E-state index in [0.717, 1.165) is 42.0 Å². The molecule has 1 aromatic heterocycles. The van der Waals surface area contributed by atoms with E-state index < -0.39 is 0 Å². The standard InChI is InChI=1S/C25H30N4O2/c1-18(2)17-29-11-10-21-16-22(6-9-24(21)29)26-25(31)28-14-12-27(13-15-28)23-7-4-20(5-8-23)19(3)30/h4-11,16,18H,12-15,17H2,1-3H3,(H,26,31). The van der Waals surface area contributed by atoms with Crippen molar-refractivity contribution in [1.82, 2.24) is 9.47 Å². The Kier molecular flexibility index (Phi) is 5.98. The van der Waals surface area contributed by atoms with E-state index in [-0.39, 0.29) is 11.8 Å². The number of amides is 2. The molecule has 2 heterocycles. The van der Waals surface area contributed by atoms with Crippen molar-refractivity contribution in [2.24, 2.45) is 5.92 Å². The maximum Gasteiger partial charge on any atom is 0.321 e. The second-order valence-electron chi connectivity index (χ2n) is 8.64. The summed E-state index contributed by atoms with van der Waals surface area (Å²) in [5.74, 6) is 0.656. The van der Waals surface area contributed by atoms with Gasteiger partial charge < -0.3 is 19.7 Å². The Morgan fingerprint density at radius 2 is 1.68 bits per heavy atom. The number of ketones is 1. The van der Waals surface area contributed by atoms with Crippen LogP contribution in [0.1, 0.15) is 31.1 Å². The van der Waals surface area contributed by atoms with Crippen LogP contribution in [-0.4, -0.2) is 47.5 Å². The number of carbonyl (C=O) groups is 2. The Morgan fingerprint density at radius 1 is 0.968 bits per heavy atom. The van der Waals surface area contributed by atoms with Crippen molar-refractivity contribution in [3.05, 3.63) is 60.3 Å². The Morgan fingerprint density at radius 3 is 2.32 bits per heavy atom. The lowest BCUT2D eigenvalue weighted by Crippen LogP contribution is -2.50. The highest BCUT2D eigenvalue weighted by Gasteiger charge is 2.21. The zero-order chi connectivity index (χ0) is 22.0. The van der Waals surface area contributed by atoms with E-state index in [1.54, 1.807) is 6.92 Å². The van der Waals surface area contributed by atoms with E-state index in [9.17, 15) is 9.59 Å². The van der Waals surface area contributed by atoms with Crippen molar-refractivity contribution in [3.63, 3.8) is 0 Å². The molecule has 6 nitrogen and oxygen atoms in total. The van der Waals surface area contributed by atoms with Gasteiger partial charge in [0.15, 0.2) is 5.78 Å². The van der Waals surface area contributed by atoms with Crippen molar-refractivity contribution in [2.45, 2.75) is 27.3 Å². The first-order valence-corrected chi connectivity index (χ1v) is 10.9. The summed E-state index contributed by atoms with van der Waals surface area (Å²) in [6.45, 7) is 9.83. The van der Waals surface area contributed by atoms with Gasteiger partial charge in [0.05, 0.1) is 0 Å². The SMILES string of the molecule is CC(=O)c1ccc(N2CCN(C(=O)Nc3ccc4c(ccn4CC(C)C)c3)CC2)cc1. The first kappa shape index (κ1) is 21.0. The summed E-state index contributed by atoms with van der Waals surface area (Å²) in [6, 6.07) is 15.8. The van der Waals surface area contributed by atoms with Crippen molar-refractivity contribution in [3.8, 4) is 0 Å². The number of Topliss-reactive ketones (excluding diaryl/α,β-unsaturated/α-hetero) is 1. The number of piperazine rings is 1. The molecule has 6 heteroatoms. The number of carbonyl (C=O) groups excluding carboxylic acids is 2. The van der Waals surface area contributed by atoms with E-state index in [1.807, 2.05) is 41.3 Å². The highest BCUT2D eigenvalue weighted by atomic mass is 16.2. The van der Waals surface area contributed by atoms with Gasteiger partial charge >= 0.3 is 6.03 Å². The van der Waals surface area contributed by atoms with Crippen LogP contribution in [0.2, 0.25) is 0 Å². The van der Waals surface area contributed by atoms with Crippen LogP contribution >= 0.6 is 0 Å². The van der Waals surface area contributed by atoms with Crippen LogP contribution < -0.4 is 10.2 Å². The lowest BCUT2D eigenvalue weighted by molar-refractivity contribution is 0.101. The molecular formula is C25H30N4O2. The largest absolute Gasteiger partial charge is 0.368 e. The topological polar surface area (TPSA) is 57.6 Å². The molecule has 0 atom stereocenters. The van der Waals surface area contributed by atoms with Crippen LogP contribution in [0.4, 0.5) is 16.2 Å². The third-order valence-electron chi connectivity index (χ3n) is 5.79. The van der Waals surface area contributed by atoms with Crippen molar-refractivity contribution in [1.29, 1.82) is 0 Å². The second kappa shape index (κ2) is 8.84. The third kappa shape index (κ3) is 4.74. The number of anilines is 2. The van der Waals surface area contributed by atoms with Gasteiger partial charge in [-0.05, 0) is 61.4 Å². The smallest absolute Gasteiger partial charge is 0.321 e. The first-order chi connectivity index (χ1) is 14.9. The molecule has 3 aromatic rings. The Bertz CT molecular complexity index is 1080. The molecule has 2 amide bonds. The molecule has 0 bridgehead atoms. The van der Waals surface area contributed by atoms with Gasteiger partial charge in [0, 0.05) is 66.8 Å². The van der Waals surface area contributed by atoms with Gasteiger partial charge in [-0.25, -0.2) is 4.79 Å². The fourth-order valence-corrected chi connectivity index (χ4v) is 4.11. The molecule has 0 saturated carbocycles. The van der Waals surface area contributed by atoms with E-state index in [4.69, 9.17) is 0 Å². The molecule has 0 unspecified atom stereocenters. The predicted molar refractivity (Wildman–Crippen MR) is 126 cm³/mol. The number of nitrogens with zero attached hydrogens (tertiary/aromatic N) is 3. The molecule has 0 spiro atoms. The Labute approximate surface area is 183 Å². The fraction of sp³-hybridized carbons (Fsp3) is 0.360. The van der Waals surface area contributed by atoms with Gasteiger partial charge in [0.2, 0.25) is 0 Å². The van der Waals surface area contributed by atoms with Crippen LogP contribution in [0, 0.1) is 5.92 Å². The molecule has 4 rings (SSSR count). The van der Waals surface area contributed by atoms with Gasteiger partial charge in [0.25, 0.3) is 0 Å². The third-order valence-corrected chi connectivity index (χ3v) is 5.79. The summed E-state index contributed by atoms with van der Waals surface area (Å²) >= 11 is 0. The number of fused-ring (bicyclic) bond motifs is 1. The number of benzene rings is 2. The second-order valence-corrected chi connectivity index (χ2v) is 8.64. The first-order valence-electron chi connectivity index (χ1n) is 10.9. The van der Waals surface area contributed by atoms with E-state index >= 15 is 0 Å². The van der Waals surface area contributed by atoms with Crippen molar-refractivity contribution in [2.75, 3.05) is 36.4 Å². The van der Waals surface area contributed by atoms with Crippen LogP contribution in [0.25, 0.3) is 10.9 Å². The number of hydrogen-bond acceptors (Lipinski definition) is 3. The molecule has 0 radical (unpaired) electrons. The predicted octanol–water partition coefficient (Wildman–Crippen LogP) is 4.85. The van der Waals surface area contributed by atoms with Crippen molar-refractivity contribution >= 4 is 34.1 Å². The average molecular weight is 419 g/mol. The highest BCUT2D eigenvalue weighted by Crippen LogP contribution is 2.22. The summed E-state index contributed by atoms with van der Waals surface area (Å²) < 4.78 is 2.26. The Hall–Kier alpha value is -3.28. The maximum absolute atomic E-state index is 12.8. The normalized spacial score (nSPS) is 14.3. The minimum Gasteiger partial charge on any atom is -0.368 e. The zero-order valence-electron chi connectivity index (χ0n) is 18.5. The van der Waals surface area contributed by atoms with Gasteiger partial charge in [0.1, 0.15) is 0 Å². The van der Waals surface area contributed by atoms with E-state index in [1.165, 1.54) is 5.52 Å². The lowest BCUT2D eigenvalue weighted by atomic mass is 10.1. The fourth-order valence-electron chi connectivity index (χ4n) is 4.11. The molecule has 31 heavy (non-hydrogen) atoms. The van der Waals surface area contributed by atoms with Crippen LogP contribution in [0.15, 0.2) is 54.7 Å². The number of urea groups is 1. The molecular weight excluding hydrogens is 388 g/mol. The van der Waals surface area contributed by atoms with Crippen LogP contribution in [-0.2, 0) is 6.54 Å². The molecule has 2 aromatic carbocycles. The van der Waals surface area contributed by atoms with E-state index in [0.29, 0.717) is 19.0 Å². The number of nitrogens with one attached hydrogen (secondary N) is 1. The summed E-state index contributed by atoms with van der Waals surface area (Å²) in [5.41, 5.74) is 3.82.